The van der Waals surface area contributed by atoms with Gasteiger partial charge in [0, 0.05) is 25.3 Å². The number of rotatable bonds is 7. The van der Waals surface area contributed by atoms with E-state index >= 15 is 0 Å². The van der Waals surface area contributed by atoms with Crippen molar-refractivity contribution in [2.75, 3.05) is 17.4 Å². The molecular weight excluding hydrogens is 506 g/mol. The van der Waals surface area contributed by atoms with E-state index in [1.54, 1.807) is 42.6 Å². The summed E-state index contributed by atoms with van der Waals surface area (Å²) in [6.45, 7) is 4.28. The molecule has 0 bridgehead atoms. The monoisotopic (exact) mass is 533 g/mol. The third-order valence-electron chi connectivity index (χ3n) is 6.22. The molecule has 0 N–H and O–H groups in total. The molecule has 186 valence electrons. The first-order valence-corrected chi connectivity index (χ1v) is 14.7. The Bertz CT molecular complexity index is 1390. The zero-order valence-electron chi connectivity index (χ0n) is 19.6. The third kappa shape index (κ3) is 5.23. The number of piperidine rings is 1. The quantitative estimate of drug-likeness (QED) is 0.441. The van der Waals surface area contributed by atoms with Crippen LogP contribution in [-0.4, -0.2) is 45.3 Å². The fourth-order valence-electron chi connectivity index (χ4n) is 4.22. The van der Waals surface area contributed by atoms with Crippen molar-refractivity contribution in [1.29, 1.82) is 0 Å². The van der Waals surface area contributed by atoms with Crippen molar-refractivity contribution in [3.05, 3.63) is 83.0 Å². The molecular formula is C25H28ClN3O4S2. The summed E-state index contributed by atoms with van der Waals surface area (Å²) in [5.74, 6) is 0.284. The fraction of sp³-hybridized carbons (Fsp3) is 0.320. The van der Waals surface area contributed by atoms with E-state index in [1.807, 2.05) is 26.0 Å². The number of aromatic nitrogens is 1. The Morgan fingerprint density at radius 2 is 1.63 bits per heavy atom. The maximum atomic E-state index is 13.8. The number of halogens is 1. The number of anilines is 1. The molecule has 0 aliphatic carbocycles. The first-order chi connectivity index (χ1) is 16.6. The predicted molar refractivity (Wildman–Crippen MR) is 138 cm³/mol. The Kier molecular flexibility index (Phi) is 7.51. The minimum atomic E-state index is -4.04. The first-order valence-electron chi connectivity index (χ1n) is 11.5. The first kappa shape index (κ1) is 25.6. The van der Waals surface area contributed by atoms with Gasteiger partial charge in [-0.25, -0.2) is 26.1 Å². The second kappa shape index (κ2) is 10.3. The van der Waals surface area contributed by atoms with Crippen molar-refractivity contribution in [2.45, 2.75) is 48.9 Å². The maximum absolute atomic E-state index is 13.8. The van der Waals surface area contributed by atoms with Crippen molar-refractivity contribution in [2.24, 2.45) is 0 Å². The number of nitrogens with zero attached hydrogens (tertiary/aromatic N) is 3. The van der Waals surface area contributed by atoms with Gasteiger partial charge in [0.2, 0.25) is 10.0 Å². The van der Waals surface area contributed by atoms with Crippen molar-refractivity contribution < 1.29 is 16.8 Å². The zero-order valence-corrected chi connectivity index (χ0v) is 22.0. The van der Waals surface area contributed by atoms with Gasteiger partial charge in [-0.2, -0.15) is 4.31 Å². The molecule has 7 nitrogen and oxygen atoms in total. The summed E-state index contributed by atoms with van der Waals surface area (Å²) < 4.78 is 56.7. The van der Waals surface area contributed by atoms with Crippen LogP contribution in [0.15, 0.2) is 76.7 Å². The van der Waals surface area contributed by atoms with E-state index in [2.05, 4.69) is 4.98 Å². The Balaban J connectivity index is 1.63. The fourth-order valence-corrected chi connectivity index (χ4v) is 7.85. The van der Waals surface area contributed by atoms with Crippen LogP contribution >= 0.6 is 11.6 Å². The summed E-state index contributed by atoms with van der Waals surface area (Å²) in [5.41, 5.74) is 1.97. The van der Waals surface area contributed by atoms with Crippen LogP contribution in [0, 0.1) is 6.92 Å². The molecule has 0 amide bonds. The van der Waals surface area contributed by atoms with Gasteiger partial charge in [-0.1, -0.05) is 48.9 Å². The van der Waals surface area contributed by atoms with Gasteiger partial charge in [0.1, 0.15) is 10.7 Å². The van der Waals surface area contributed by atoms with Crippen molar-refractivity contribution >= 4 is 37.5 Å². The minimum Gasteiger partial charge on any atom is -0.247 e. The van der Waals surface area contributed by atoms with Gasteiger partial charge in [0.05, 0.1) is 9.92 Å². The highest BCUT2D eigenvalue weighted by Gasteiger charge is 2.38. The molecule has 1 fully saturated rings. The van der Waals surface area contributed by atoms with Crippen LogP contribution in [0.5, 0.6) is 0 Å². The van der Waals surface area contributed by atoms with Gasteiger partial charge in [-0.15, -0.1) is 0 Å². The number of benzene rings is 2. The molecule has 0 radical (unpaired) electrons. The molecule has 0 spiro atoms. The van der Waals surface area contributed by atoms with E-state index in [9.17, 15) is 16.8 Å². The topological polar surface area (TPSA) is 87.7 Å². The highest BCUT2D eigenvalue weighted by atomic mass is 35.5. The Hall–Kier alpha value is -2.46. The molecule has 0 atom stereocenters. The summed E-state index contributed by atoms with van der Waals surface area (Å²) in [6, 6.07) is 16.2. The minimum absolute atomic E-state index is 0.00453. The molecule has 1 saturated heterocycles. The highest BCUT2D eigenvalue weighted by molar-refractivity contribution is 7.93. The van der Waals surface area contributed by atoms with E-state index in [0.29, 0.717) is 12.8 Å². The van der Waals surface area contributed by atoms with Crippen LogP contribution < -0.4 is 4.31 Å². The molecule has 1 aliphatic rings. The molecule has 10 heteroatoms. The molecule has 2 heterocycles. The van der Waals surface area contributed by atoms with Gasteiger partial charge in [0.15, 0.2) is 0 Å². The summed E-state index contributed by atoms with van der Waals surface area (Å²) in [6.07, 6.45) is 3.09. The van der Waals surface area contributed by atoms with E-state index in [-0.39, 0.29) is 33.7 Å². The van der Waals surface area contributed by atoms with E-state index in [1.165, 1.54) is 20.7 Å². The molecule has 1 aliphatic heterocycles. The SMILES string of the molecule is CCc1ccc(S(=O)(=O)N2CCC(N(c3ccc(C)cn3)S(=O)(=O)c3ccccc3Cl)CC2)cc1. The predicted octanol–water partition coefficient (Wildman–Crippen LogP) is 4.65. The normalized spacial score (nSPS) is 15.7. The van der Waals surface area contributed by atoms with Gasteiger partial charge < -0.3 is 0 Å². The summed E-state index contributed by atoms with van der Waals surface area (Å²) >= 11 is 6.26. The standard InChI is InChI=1S/C25H28ClN3O4S2/c1-3-20-9-11-22(12-10-20)34(30,31)28-16-14-21(15-17-28)29(25-13-8-19(2)18-27-25)35(32,33)24-7-5-4-6-23(24)26/h4-13,18,21H,3,14-17H2,1-2H3. The number of aryl methyl sites for hydroxylation is 2. The summed E-state index contributed by atoms with van der Waals surface area (Å²) in [4.78, 5) is 4.62. The largest absolute Gasteiger partial charge is 0.267 e. The smallest absolute Gasteiger partial charge is 0.247 e. The average molecular weight is 534 g/mol. The van der Waals surface area contributed by atoms with Crippen LogP contribution in [0.3, 0.4) is 0 Å². The van der Waals surface area contributed by atoms with Gasteiger partial charge in [-0.05, 0) is 67.6 Å². The van der Waals surface area contributed by atoms with Crippen LogP contribution in [0.25, 0.3) is 0 Å². The molecule has 0 unspecified atom stereocenters. The molecule has 35 heavy (non-hydrogen) atoms. The molecule has 4 rings (SSSR count). The molecule has 2 aromatic carbocycles. The second-order valence-corrected chi connectivity index (χ2v) is 12.7. The lowest BCUT2D eigenvalue weighted by Gasteiger charge is -2.38. The zero-order chi connectivity index (χ0) is 25.2. The highest BCUT2D eigenvalue weighted by Crippen LogP contribution is 2.33. The number of hydrogen-bond donors (Lipinski definition) is 0. The van der Waals surface area contributed by atoms with Crippen molar-refractivity contribution in [1.82, 2.24) is 9.29 Å². The lowest BCUT2D eigenvalue weighted by Crippen LogP contribution is -2.49. The lowest BCUT2D eigenvalue weighted by molar-refractivity contribution is 0.320. The van der Waals surface area contributed by atoms with Crippen LogP contribution in [0.4, 0.5) is 5.82 Å². The maximum Gasteiger partial charge on any atom is 0.267 e. The average Bonchev–Trinajstić information content (AvgIpc) is 2.86. The molecule has 1 aromatic heterocycles. The van der Waals surface area contributed by atoms with Crippen molar-refractivity contribution in [3.8, 4) is 0 Å². The van der Waals surface area contributed by atoms with Gasteiger partial charge in [0.25, 0.3) is 10.0 Å². The van der Waals surface area contributed by atoms with Crippen molar-refractivity contribution in [3.63, 3.8) is 0 Å². The number of sulfonamides is 2. The lowest BCUT2D eigenvalue weighted by atomic mass is 10.1. The van der Waals surface area contributed by atoms with E-state index < -0.39 is 26.1 Å². The number of hydrogen-bond acceptors (Lipinski definition) is 5. The van der Waals surface area contributed by atoms with E-state index in [4.69, 9.17) is 11.6 Å². The van der Waals surface area contributed by atoms with Crippen LogP contribution in [-0.2, 0) is 26.5 Å². The second-order valence-electron chi connectivity index (χ2n) is 8.56. The van der Waals surface area contributed by atoms with E-state index in [0.717, 1.165) is 17.5 Å². The Morgan fingerprint density at radius 1 is 0.971 bits per heavy atom. The summed E-state index contributed by atoms with van der Waals surface area (Å²) in [7, 11) is -7.71. The van der Waals surface area contributed by atoms with Gasteiger partial charge >= 0.3 is 0 Å². The van der Waals surface area contributed by atoms with Gasteiger partial charge in [-0.3, -0.25) is 0 Å². The Labute approximate surface area is 212 Å². The molecule has 3 aromatic rings. The number of pyridine rings is 1. The third-order valence-corrected chi connectivity index (χ3v) is 10.5. The van der Waals surface area contributed by atoms with Crippen LogP contribution in [0.1, 0.15) is 30.9 Å². The summed E-state index contributed by atoms with van der Waals surface area (Å²) in [5, 5.41) is 0.125. The Morgan fingerprint density at radius 3 is 2.20 bits per heavy atom. The molecule has 0 saturated carbocycles. The van der Waals surface area contributed by atoms with Crippen LogP contribution in [0.2, 0.25) is 5.02 Å².